The first-order chi connectivity index (χ1) is 12.7. The summed E-state index contributed by atoms with van der Waals surface area (Å²) in [6.07, 6.45) is -4.50. The standard InChI is InChI=1S/C16H22F3N5OS2/c1-5-20-15(21-6-13-23-12(9-26-13)16(17,18)19)24(3)7-11-8-27-14(22-11)10(2)25-4/h8-10H,5-7H2,1-4H3,(H,20,21). The van der Waals surface area contributed by atoms with Crippen LogP contribution in [0.4, 0.5) is 13.2 Å². The molecule has 150 valence electrons. The molecular formula is C16H22F3N5OS2. The lowest BCUT2D eigenvalue weighted by molar-refractivity contribution is -0.140. The summed E-state index contributed by atoms with van der Waals surface area (Å²) in [5.74, 6) is 0.579. The molecule has 0 radical (unpaired) electrons. The lowest BCUT2D eigenvalue weighted by Crippen LogP contribution is -2.38. The molecule has 11 heteroatoms. The summed E-state index contributed by atoms with van der Waals surface area (Å²) in [4.78, 5) is 14.4. The van der Waals surface area contributed by atoms with E-state index >= 15 is 0 Å². The van der Waals surface area contributed by atoms with Crippen molar-refractivity contribution in [2.45, 2.75) is 39.2 Å². The first kappa shape index (κ1) is 21.6. The Morgan fingerprint density at radius 2 is 2.07 bits per heavy atom. The number of thiazole rings is 2. The second-order valence-electron chi connectivity index (χ2n) is 5.71. The second-order valence-corrected chi connectivity index (χ2v) is 7.54. The molecule has 2 aromatic rings. The highest BCUT2D eigenvalue weighted by atomic mass is 32.1. The van der Waals surface area contributed by atoms with Crippen LogP contribution >= 0.6 is 22.7 Å². The van der Waals surface area contributed by atoms with Gasteiger partial charge in [0.05, 0.1) is 18.8 Å². The smallest absolute Gasteiger partial charge is 0.375 e. The molecule has 1 unspecified atom stereocenters. The van der Waals surface area contributed by atoms with Gasteiger partial charge in [0.1, 0.15) is 16.1 Å². The number of nitrogens with one attached hydrogen (secondary N) is 1. The van der Waals surface area contributed by atoms with Crippen molar-refractivity contribution >= 4 is 28.6 Å². The Morgan fingerprint density at radius 1 is 1.33 bits per heavy atom. The van der Waals surface area contributed by atoms with Crippen LogP contribution in [0.1, 0.15) is 41.4 Å². The van der Waals surface area contributed by atoms with Crippen molar-refractivity contribution < 1.29 is 17.9 Å². The molecule has 0 amide bonds. The van der Waals surface area contributed by atoms with Crippen molar-refractivity contribution in [3.8, 4) is 0 Å². The fraction of sp³-hybridized carbons (Fsp3) is 0.562. The van der Waals surface area contributed by atoms with Gasteiger partial charge in [-0.05, 0) is 13.8 Å². The number of guanidine groups is 1. The van der Waals surface area contributed by atoms with Gasteiger partial charge in [0.15, 0.2) is 11.7 Å². The molecule has 2 heterocycles. The first-order valence-electron chi connectivity index (χ1n) is 8.22. The van der Waals surface area contributed by atoms with Crippen LogP contribution in [0.25, 0.3) is 0 Å². The minimum absolute atomic E-state index is 0.0660. The molecular weight excluding hydrogens is 399 g/mol. The Kier molecular flexibility index (Phi) is 7.57. The number of alkyl halides is 3. The van der Waals surface area contributed by atoms with E-state index < -0.39 is 11.9 Å². The number of rotatable bonds is 7. The van der Waals surface area contributed by atoms with Crippen molar-refractivity contribution in [1.29, 1.82) is 0 Å². The fourth-order valence-electron chi connectivity index (χ4n) is 2.13. The van der Waals surface area contributed by atoms with Crippen molar-refractivity contribution in [3.63, 3.8) is 0 Å². The molecule has 1 N–H and O–H groups in total. The molecule has 6 nitrogen and oxygen atoms in total. The molecule has 0 aliphatic heterocycles. The number of halogens is 3. The molecule has 2 rings (SSSR count). The predicted octanol–water partition coefficient (Wildman–Crippen LogP) is 3.92. The highest BCUT2D eigenvalue weighted by Gasteiger charge is 2.33. The van der Waals surface area contributed by atoms with E-state index in [0.29, 0.717) is 24.1 Å². The zero-order valence-corrected chi connectivity index (χ0v) is 17.1. The number of nitrogens with zero attached hydrogens (tertiary/aromatic N) is 4. The van der Waals surface area contributed by atoms with E-state index in [4.69, 9.17) is 4.74 Å². The Balaban J connectivity index is 2.05. The van der Waals surface area contributed by atoms with Crippen LogP contribution in [0, 0.1) is 0 Å². The van der Waals surface area contributed by atoms with E-state index in [9.17, 15) is 13.2 Å². The topological polar surface area (TPSA) is 62.6 Å². The van der Waals surface area contributed by atoms with Gasteiger partial charge in [-0.3, -0.25) is 0 Å². The van der Waals surface area contributed by atoms with Crippen LogP contribution < -0.4 is 5.32 Å². The molecule has 0 aliphatic rings. The van der Waals surface area contributed by atoms with Gasteiger partial charge in [-0.25, -0.2) is 15.0 Å². The number of methoxy groups -OCH3 is 1. The van der Waals surface area contributed by atoms with Crippen molar-refractivity contribution in [2.75, 3.05) is 20.7 Å². The van der Waals surface area contributed by atoms with Crippen LogP contribution in [-0.4, -0.2) is 41.5 Å². The van der Waals surface area contributed by atoms with E-state index in [1.165, 1.54) is 11.3 Å². The summed E-state index contributed by atoms with van der Waals surface area (Å²) in [5, 5.41) is 7.31. The van der Waals surface area contributed by atoms with Crippen LogP contribution in [-0.2, 0) is 24.0 Å². The zero-order valence-electron chi connectivity index (χ0n) is 15.5. The van der Waals surface area contributed by atoms with Gasteiger partial charge in [-0.1, -0.05) is 0 Å². The lowest BCUT2D eigenvalue weighted by atomic mass is 10.4. The summed E-state index contributed by atoms with van der Waals surface area (Å²) >= 11 is 2.48. The molecule has 0 saturated heterocycles. The number of hydrogen-bond acceptors (Lipinski definition) is 6. The zero-order chi connectivity index (χ0) is 20.0. The first-order valence-corrected chi connectivity index (χ1v) is 9.98. The van der Waals surface area contributed by atoms with E-state index in [1.54, 1.807) is 7.11 Å². The minimum atomic E-state index is -4.43. The monoisotopic (exact) mass is 421 g/mol. The number of ether oxygens (including phenoxy) is 1. The van der Waals surface area contributed by atoms with Crippen molar-refractivity contribution in [1.82, 2.24) is 20.2 Å². The van der Waals surface area contributed by atoms with Crippen molar-refractivity contribution in [3.05, 3.63) is 32.2 Å². The number of aromatic nitrogens is 2. The van der Waals surface area contributed by atoms with Gasteiger partial charge < -0.3 is 15.0 Å². The van der Waals surface area contributed by atoms with Crippen LogP contribution in [0.2, 0.25) is 0 Å². The average molecular weight is 422 g/mol. The molecule has 0 spiro atoms. The maximum Gasteiger partial charge on any atom is 0.434 e. The molecule has 0 saturated carbocycles. The number of hydrogen-bond donors (Lipinski definition) is 1. The summed E-state index contributed by atoms with van der Waals surface area (Å²) in [5.41, 5.74) is -0.000991. The van der Waals surface area contributed by atoms with Gasteiger partial charge in [0.25, 0.3) is 0 Å². The highest BCUT2D eigenvalue weighted by Crippen LogP contribution is 2.30. The van der Waals surface area contributed by atoms with E-state index in [2.05, 4.69) is 20.3 Å². The largest absolute Gasteiger partial charge is 0.434 e. The Hall–Kier alpha value is -1.72. The van der Waals surface area contributed by atoms with Crippen LogP contribution in [0.5, 0.6) is 0 Å². The predicted molar refractivity (Wildman–Crippen MR) is 101 cm³/mol. The van der Waals surface area contributed by atoms with Gasteiger partial charge >= 0.3 is 6.18 Å². The summed E-state index contributed by atoms with van der Waals surface area (Å²) in [6, 6.07) is 0. The Morgan fingerprint density at radius 3 is 2.67 bits per heavy atom. The van der Waals surface area contributed by atoms with Gasteiger partial charge in [0, 0.05) is 31.5 Å². The molecule has 1 atom stereocenters. The SMILES string of the molecule is CCNC(=NCc1nc(C(F)(F)F)cs1)N(C)Cc1csc(C(C)OC)n1. The molecule has 0 bridgehead atoms. The minimum Gasteiger partial charge on any atom is -0.375 e. The van der Waals surface area contributed by atoms with E-state index in [-0.39, 0.29) is 12.6 Å². The quantitative estimate of drug-likeness (QED) is 0.542. The van der Waals surface area contributed by atoms with E-state index in [0.717, 1.165) is 27.4 Å². The summed E-state index contributed by atoms with van der Waals surface area (Å²) in [6.45, 7) is 5.09. The summed E-state index contributed by atoms with van der Waals surface area (Å²) < 4.78 is 43.2. The normalized spacial score (nSPS) is 13.7. The van der Waals surface area contributed by atoms with E-state index in [1.807, 2.05) is 31.2 Å². The number of aliphatic imine (C=N–C) groups is 1. The third kappa shape index (κ3) is 6.15. The maximum absolute atomic E-state index is 12.6. The maximum atomic E-state index is 12.6. The average Bonchev–Trinajstić information content (AvgIpc) is 3.27. The fourth-order valence-corrected chi connectivity index (χ4v) is 3.69. The van der Waals surface area contributed by atoms with Gasteiger partial charge in [-0.2, -0.15) is 13.2 Å². The molecule has 27 heavy (non-hydrogen) atoms. The third-order valence-corrected chi connectivity index (χ3v) is 5.46. The van der Waals surface area contributed by atoms with Crippen LogP contribution in [0.15, 0.2) is 15.8 Å². The Bertz CT molecular complexity index is 759. The molecule has 0 aromatic carbocycles. The van der Waals surface area contributed by atoms with Gasteiger partial charge in [0.2, 0.25) is 0 Å². The van der Waals surface area contributed by atoms with Crippen LogP contribution in [0.3, 0.4) is 0 Å². The van der Waals surface area contributed by atoms with Crippen molar-refractivity contribution in [2.24, 2.45) is 4.99 Å². The lowest BCUT2D eigenvalue weighted by Gasteiger charge is -2.21. The molecule has 0 fully saturated rings. The highest BCUT2D eigenvalue weighted by molar-refractivity contribution is 7.10. The second kappa shape index (κ2) is 9.47. The Labute approximate surface area is 164 Å². The molecule has 2 aromatic heterocycles. The van der Waals surface area contributed by atoms with Gasteiger partial charge in [-0.15, -0.1) is 22.7 Å². The third-order valence-electron chi connectivity index (χ3n) is 3.57. The molecule has 0 aliphatic carbocycles. The summed E-state index contributed by atoms with van der Waals surface area (Å²) in [7, 11) is 3.49.